The Kier molecular flexibility index (Phi) is 5.58. The maximum Gasteiger partial charge on any atom is 0.0438 e. The summed E-state index contributed by atoms with van der Waals surface area (Å²) in [6, 6.07) is 8.44. The molecule has 20 heavy (non-hydrogen) atoms. The van der Waals surface area contributed by atoms with Gasteiger partial charge in [0.1, 0.15) is 0 Å². The molecule has 2 aromatic rings. The minimum absolute atomic E-state index is 0.245. The van der Waals surface area contributed by atoms with Crippen LogP contribution in [0.25, 0.3) is 0 Å². The second-order valence-electron chi connectivity index (χ2n) is 4.78. The zero-order valence-electron chi connectivity index (χ0n) is 11.7. The second-order valence-corrected chi connectivity index (χ2v) is 6.10. The molecule has 2 nitrogen and oxygen atoms in total. The average Bonchev–Trinajstić information content (AvgIpc) is 2.42. The van der Waals surface area contributed by atoms with Gasteiger partial charge in [-0.05, 0) is 64.6 Å². The van der Waals surface area contributed by atoms with E-state index >= 15 is 0 Å². The maximum atomic E-state index is 6.24. The molecule has 1 aromatic heterocycles. The minimum Gasteiger partial charge on any atom is -0.310 e. The number of aromatic nitrogens is 1. The summed E-state index contributed by atoms with van der Waals surface area (Å²) >= 11 is 9.71. The summed E-state index contributed by atoms with van der Waals surface area (Å²) in [5.74, 6) is 0. The van der Waals surface area contributed by atoms with Gasteiger partial charge in [-0.25, -0.2) is 0 Å². The zero-order valence-corrected chi connectivity index (χ0v) is 14.0. The number of hydrogen-bond acceptors (Lipinski definition) is 2. The van der Waals surface area contributed by atoms with E-state index < -0.39 is 0 Å². The highest BCUT2D eigenvalue weighted by Gasteiger charge is 2.15. The largest absolute Gasteiger partial charge is 0.310 e. The van der Waals surface area contributed by atoms with Gasteiger partial charge in [-0.1, -0.05) is 30.7 Å². The van der Waals surface area contributed by atoms with Crippen molar-refractivity contribution in [2.45, 2.75) is 26.3 Å². The van der Waals surface area contributed by atoms with Crippen molar-refractivity contribution in [2.75, 3.05) is 6.54 Å². The van der Waals surface area contributed by atoms with E-state index in [0.29, 0.717) is 0 Å². The Balaban J connectivity index is 2.29. The molecule has 1 atom stereocenters. The van der Waals surface area contributed by atoms with Crippen LogP contribution in [0.3, 0.4) is 0 Å². The Bertz CT molecular complexity index is 586. The van der Waals surface area contributed by atoms with Gasteiger partial charge in [0.15, 0.2) is 0 Å². The second kappa shape index (κ2) is 7.21. The Morgan fingerprint density at radius 2 is 2.15 bits per heavy atom. The van der Waals surface area contributed by atoms with Crippen LogP contribution in [0.2, 0.25) is 5.02 Å². The van der Waals surface area contributed by atoms with E-state index in [1.54, 1.807) is 6.20 Å². The summed E-state index contributed by atoms with van der Waals surface area (Å²) in [5.41, 5.74) is 3.59. The molecule has 1 N–H and O–H groups in total. The summed E-state index contributed by atoms with van der Waals surface area (Å²) in [4.78, 5) is 4.23. The van der Waals surface area contributed by atoms with Crippen molar-refractivity contribution in [1.29, 1.82) is 0 Å². The van der Waals surface area contributed by atoms with Gasteiger partial charge in [-0.2, -0.15) is 0 Å². The molecule has 2 rings (SSSR count). The molecule has 0 amide bonds. The van der Waals surface area contributed by atoms with Gasteiger partial charge in [-0.3, -0.25) is 4.98 Å². The number of rotatable bonds is 5. The van der Waals surface area contributed by atoms with Crippen LogP contribution in [-0.2, 0) is 6.42 Å². The predicted molar refractivity (Wildman–Crippen MR) is 88.2 cm³/mol. The molecule has 4 heteroatoms. The van der Waals surface area contributed by atoms with Crippen LogP contribution in [0.1, 0.15) is 29.7 Å². The lowest BCUT2D eigenvalue weighted by Gasteiger charge is -2.21. The van der Waals surface area contributed by atoms with Gasteiger partial charge >= 0.3 is 0 Å². The lowest BCUT2D eigenvalue weighted by molar-refractivity contribution is 0.546. The van der Waals surface area contributed by atoms with E-state index in [1.165, 1.54) is 11.1 Å². The van der Waals surface area contributed by atoms with Crippen molar-refractivity contribution in [1.82, 2.24) is 10.3 Å². The highest BCUT2D eigenvalue weighted by Crippen LogP contribution is 2.27. The van der Waals surface area contributed by atoms with E-state index in [2.05, 4.69) is 52.2 Å². The number of halogens is 2. The van der Waals surface area contributed by atoms with Crippen molar-refractivity contribution in [2.24, 2.45) is 0 Å². The van der Waals surface area contributed by atoms with Crippen LogP contribution in [0, 0.1) is 6.92 Å². The maximum absolute atomic E-state index is 6.24. The molecule has 0 aliphatic heterocycles. The highest BCUT2D eigenvalue weighted by atomic mass is 79.9. The SMILES string of the molecule is CCNC(Cc1cncc(Br)c1)c1cccc(Cl)c1C. The summed E-state index contributed by atoms with van der Waals surface area (Å²) < 4.78 is 1.01. The molecule has 0 aliphatic rings. The third kappa shape index (κ3) is 3.81. The van der Waals surface area contributed by atoms with Gasteiger partial charge in [-0.15, -0.1) is 0 Å². The summed E-state index contributed by atoms with van der Waals surface area (Å²) in [6.07, 6.45) is 4.60. The summed E-state index contributed by atoms with van der Waals surface area (Å²) in [7, 11) is 0. The van der Waals surface area contributed by atoms with Crippen molar-refractivity contribution >= 4 is 27.5 Å². The fourth-order valence-corrected chi connectivity index (χ4v) is 2.94. The van der Waals surface area contributed by atoms with Crippen LogP contribution in [0.15, 0.2) is 41.1 Å². The molecule has 1 aromatic carbocycles. The number of nitrogens with zero attached hydrogens (tertiary/aromatic N) is 1. The Morgan fingerprint density at radius 1 is 1.35 bits per heavy atom. The monoisotopic (exact) mass is 352 g/mol. The number of nitrogens with one attached hydrogen (secondary N) is 1. The summed E-state index contributed by atoms with van der Waals surface area (Å²) in [6.45, 7) is 5.10. The van der Waals surface area contributed by atoms with Crippen LogP contribution in [0.4, 0.5) is 0 Å². The predicted octanol–water partition coefficient (Wildman–Crippen LogP) is 4.70. The molecule has 0 bridgehead atoms. The smallest absolute Gasteiger partial charge is 0.0438 e. The lowest BCUT2D eigenvalue weighted by atomic mass is 9.96. The van der Waals surface area contributed by atoms with Crippen LogP contribution in [0.5, 0.6) is 0 Å². The number of pyridine rings is 1. The summed E-state index contributed by atoms with van der Waals surface area (Å²) in [5, 5.41) is 4.35. The van der Waals surface area contributed by atoms with Gasteiger partial charge in [0.05, 0.1) is 0 Å². The number of likely N-dealkylation sites (N-methyl/N-ethyl adjacent to an activating group) is 1. The van der Waals surface area contributed by atoms with Crippen molar-refractivity contribution in [3.05, 3.63) is 62.8 Å². The molecule has 0 fully saturated rings. The molecule has 106 valence electrons. The van der Waals surface area contributed by atoms with Crippen LogP contribution >= 0.6 is 27.5 Å². The Hall–Kier alpha value is -0.900. The van der Waals surface area contributed by atoms with E-state index in [0.717, 1.165) is 28.0 Å². The third-order valence-corrected chi connectivity index (χ3v) is 4.18. The minimum atomic E-state index is 0.245. The van der Waals surface area contributed by atoms with Crippen LogP contribution < -0.4 is 5.32 Å². The topological polar surface area (TPSA) is 24.9 Å². The number of benzene rings is 1. The molecule has 0 spiro atoms. The van der Waals surface area contributed by atoms with E-state index in [4.69, 9.17) is 11.6 Å². The standard InChI is InChI=1S/C16H18BrClN2/c1-3-20-16(8-12-7-13(17)10-19-9-12)14-5-4-6-15(18)11(14)2/h4-7,9-10,16,20H,3,8H2,1-2H3. The van der Waals surface area contributed by atoms with Gasteiger partial charge in [0.2, 0.25) is 0 Å². The van der Waals surface area contributed by atoms with E-state index in [1.807, 2.05) is 18.3 Å². The Labute approximate surface area is 133 Å². The van der Waals surface area contributed by atoms with Crippen molar-refractivity contribution in [3.8, 4) is 0 Å². The third-order valence-electron chi connectivity index (χ3n) is 3.34. The van der Waals surface area contributed by atoms with Gasteiger partial charge < -0.3 is 5.32 Å². The molecule has 0 saturated carbocycles. The van der Waals surface area contributed by atoms with E-state index in [9.17, 15) is 0 Å². The molecule has 0 radical (unpaired) electrons. The zero-order chi connectivity index (χ0) is 14.5. The molecular formula is C16H18BrClN2. The van der Waals surface area contributed by atoms with Gasteiger partial charge in [0, 0.05) is 27.9 Å². The quantitative estimate of drug-likeness (QED) is 0.843. The fraction of sp³-hybridized carbons (Fsp3) is 0.312. The van der Waals surface area contributed by atoms with E-state index in [-0.39, 0.29) is 6.04 Å². The highest BCUT2D eigenvalue weighted by molar-refractivity contribution is 9.10. The van der Waals surface area contributed by atoms with Crippen molar-refractivity contribution < 1.29 is 0 Å². The average molecular weight is 354 g/mol. The first-order chi connectivity index (χ1) is 9.61. The molecule has 0 aliphatic carbocycles. The molecule has 1 unspecified atom stereocenters. The fourth-order valence-electron chi connectivity index (χ4n) is 2.34. The Morgan fingerprint density at radius 3 is 2.85 bits per heavy atom. The number of hydrogen-bond donors (Lipinski definition) is 1. The first-order valence-electron chi connectivity index (χ1n) is 6.69. The lowest BCUT2D eigenvalue weighted by Crippen LogP contribution is -2.23. The molecule has 1 heterocycles. The normalized spacial score (nSPS) is 12.4. The van der Waals surface area contributed by atoms with Gasteiger partial charge in [0.25, 0.3) is 0 Å². The first-order valence-corrected chi connectivity index (χ1v) is 7.86. The first kappa shape index (κ1) is 15.5. The molecule has 0 saturated heterocycles. The molecular weight excluding hydrogens is 336 g/mol. The van der Waals surface area contributed by atoms with Crippen LogP contribution in [-0.4, -0.2) is 11.5 Å². The van der Waals surface area contributed by atoms with Crippen molar-refractivity contribution in [3.63, 3.8) is 0 Å².